The summed E-state index contributed by atoms with van der Waals surface area (Å²) in [5.41, 5.74) is 5.86. The molecule has 4 nitrogen and oxygen atoms in total. The predicted octanol–water partition coefficient (Wildman–Crippen LogP) is 5.35. The van der Waals surface area contributed by atoms with Crippen molar-refractivity contribution in [2.75, 3.05) is 57.8 Å². The van der Waals surface area contributed by atoms with E-state index in [2.05, 4.69) is 84.1 Å². The van der Waals surface area contributed by atoms with Crippen LogP contribution in [0.1, 0.15) is 18.4 Å². The number of hydrogen-bond acceptors (Lipinski definition) is 4. The van der Waals surface area contributed by atoms with E-state index in [0.717, 1.165) is 86.6 Å². The highest BCUT2D eigenvalue weighted by Crippen LogP contribution is 2.34. The topological polar surface area (TPSA) is 22.1 Å². The van der Waals surface area contributed by atoms with E-state index in [9.17, 15) is 0 Å². The van der Waals surface area contributed by atoms with Crippen LogP contribution in [0, 0.1) is 5.92 Å². The molecule has 2 fully saturated rings. The molecule has 3 rings (SSSR count). The van der Waals surface area contributed by atoms with Gasteiger partial charge in [0.2, 0.25) is 0 Å². The Hall–Kier alpha value is -2.69. The molecule has 1 aromatic rings. The number of nitrogens with zero attached hydrogens (tertiary/aromatic N) is 4. The second-order valence-electron chi connectivity index (χ2n) is 8.99. The molecule has 0 atom stereocenters. The molecule has 170 valence electrons. The molecule has 0 saturated carbocycles. The standard InChI is InChI=1S/C28H38N4/c1-7-25-12-14-32(15-13-25)26-10-11-28(29-5)27(20-26)24(4)23(3)9-8-22(2)21-31-18-16-30(6)17-19-31/h7-11,20,25H,1-5,12-19,21H2,6H3/b9-8-. The highest BCUT2D eigenvalue weighted by atomic mass is 15.2. The van der Waals surface area contributed by atoms with Gasteiger partial charge in [-0.05, 0) is 67.4 Å². The Kier molecular flexibility index (Phi) is 8.43. The van der Waals surface area contributed by atoms with Gasteiger partial charge in [-0.2, -0.15) is 0 Å². The molecule has 2 aliphatic rings. The Labute approximate surface area is 194 Å². The fourth-order valence-corrected chi connectivity index (χ4v) is 4.33. The fraction of sp³-hybridized carbons (Fsp3) is 0.393. The third-order valence-corrected chi connectivity index (χ3v) is 6.64. The second-order valence-corrected chi connectivity index (χ2v) is 8.99. The highest BCUT2D eigenvalue weighted by Gasteiger charge is 2.19. The number of allylic oxidation sites excluding steroid dienone is 4. The fourth-order valence-electron chi connectivity index (χ4n) is 4.33. The van der Waals surface area contributed by atoms with Crippen LogP contribution in [0.3, 0.4) is 0 Å². The van der Waals surface area contributed by atoms with E-state index in [-0.39, 0.29) is 0 Å². The molecule has 0 spiro atoms. The van der Waals surface area contributed by atoms with Crippen LogP contribution >= 0.6 is 0 Å². The van der Waals surface area contributed by atoms with E-state index in [1.165, 1.54) is 5.69 Å². The van der Waals surface area contributed by atoms with Crippen molar-refractivity contribution in [3.8, 4) is 0 Å². The SMILES string of the molecule is C=CC1CCN(c2ccc(N=C)c(C(=C)C(=C)/C=C\C(=C)CN3CCN(C)CC3)c2)CC1. The first kappa shape index (κ1) is 24.0. The lowest BCUT2D eigenvalue weighted by molar-refractivity contribution is 0.165. The maximum absolute atomic E-state index is 4.33. The number of piperazine rings is 1. The monoisotopic (exact) mass is 430 g/mol. The van der Waals surface area contributed by atoms with E-state index in [0.29, 0.717) is 5.92 Å². The molecule has 2 heterocycles. The molecule has 1 aromatic carbocycles. The van der Waals surface area contributed by atoms with Crippen molar-refractivity contribution < 1.29 is 0 Å². The summed E-state index contributed by atoms with van der Waals surface area (Å²) in [6, 6.07) is 6.34. The number of hydrogen-bond donors (Lipinski definition) is 0. The smallest absolute Gasteiger partial charge is 0.0702 e. The van der Waals surface area contributed by atoms with Crippen molar-refractivity contribution >= 4 is 23.7 Å². The van der Waals surface area contributed by atoms with Crippen molar-refractivity contribution in [3.05, 3.63) is 79.5 Å². The number of piperidine rings is 1. The van der Waals surface area contributed by atoms with Gasteiger partial charge in [0, 0.05) is 57.1 Å². The Balaban J connectivity index is 1.65. The van der Waals surface area contributed by atoms with Gasteiger partial charge in [-0.25, -0.2) is 0 Å². The predicted molar refractivity (Wildman–Crippen MR) is 141 cm³/mol. The first-order chi connectivity index (χ1) is 15.4. The van der Waals surface area contributed by atoms with Crippen molar-refractivity contribution in [2.45, 2.75) is 12.8 Å². The van der Waals surface area contributed by atoms with Crippen LogP contribution in [0.4, 0.5) is 11.4 Å². The van der Waals surface area contributed by atoms with Crippen molar-refractivity contribution in [3.63, 3.8) is 0 Å². The number of likely N-dealkylation sites (N-methyl/N-ethyl adjacent to an activating group) is 1. The van der Waals surface area contributed by atoms with Crippen molar-refractivity contribution in [1.29, 1.82) is 0 Å². The zero-order chi connectivity index (χ0) is 23.1. The van der Waals surface area contributed by atoms with Crippen molar-refractivity contribution in [2.24, 2.45) is 10.9 Å². The molecule has 2 aliphatic heterocycles. The largest absolute Gasteiger partial charge is 0.371 e. The van der Waals surface area contributed by atoms with Gasteiger partial charge in [0.15, 0.2) is 0 Å². The van der Waals surface area contributed by atoms with Gasteiger partial charge < -0.3 is 9.80 Å². The summed E-state index contributed by atoms with van der Waals surface area (Å²) in [4.78, 5) is 11.5. The quantitative estimate of drug-likeness (QED) is 0.299. The number of aliphatic imine (C=N–C) groups is 1. The number of rotatable bonds is 9. The molecule has 0 bridgehead atoms. The van der Waals surface area contributed by atoms with Crippen LogP contribution < -0.4 is 4.90 Å². The van der Waals surface area contributed by atoms with Crippen molar-refractivity contribution in [1.82, 2.24) is 9.80 Å². The molecule has 0 N–H and O–H groups in total. The van der Waals surface area contributed by atoms with Crippen LogP contribution in [0.2, 0.25) is 0 Å². The van der Waals surface area contributed by atoms with Gasteiger partial charge in [-0.1, -0.05) is 38.0 Å². The van der Waals surface area contributed by atoms with Crippen LogP contribution in [-0.2, 0) is 0 Å². The average molecular weight is 431 g/mol. The number of benzene rings is 1. The summed E-state index contributed by atoms with van der Waals surface area (Å²) in [5, 5.41) is 0. The van der Waals surface area contributed by atoms with E-state index in [1.807, 2.05) is 12.1 Å². The lowest BCUT2D eigenvalue weighted by Gasteiger charge is -2.33. The van der Waals surface area contributed by atoms with Gasteiger partial charge in [0.1, 0.15) is 0 Å². The molecule has 0 unspecified atom stereocenters. The molecular formula is C28H38N4. The van der Waals surface area contributed by atoms with Gasteiger partial charge in [0.25, 0.3) is 0 Å². The molecule has 0 aromatic heterocycles. The molecule has 0 aliphatic carbocycles. The Morgan fingerprint density at radius 1 is 1.03 bits per heavy atom. The Bertz CT molecular complexity index is 894. The molecule has 2 saturated heterocycles. The normalized spacial score (nSPS) is 18.6. The minimum absolute atomic E-state index is 0.624. The van der Waals surface area contributed by atoms with E-state index >= 15 is 0 Å². The molecule has 4 heteroatoms. The van der Waals surface area contributed by atoms with Crippen LogP contribution in [0.25, 0.3) is 5.57 Å². The van der Waals surface area contributed by atoms with E-state index in [4.69, 9.17) is 0 Å². The van der Waals surface area contributed by atoms with Crippen LogP contribution in [0.5, 0.6) is 0 Å². The van der Waals surface area contributed by atoms with Gasteiger partial charge in [-0.3, -0.25) is 9.89 Å². The van der Waals surface area contributed by atoms with Gasteiger partial charge >= 0.3 is 0 Å². The summed E-state index contributed by atoms with van der Waals surface area (Å²) in [6.45, 7) is 27.9. The minimum Gasteiger partial charge on any atom is -0.371 e. The summed E-state index contributed by atoms with van der Waals surface area (Å²) >= 11 is 0. The molecular weight excluding hydrogens is 392 g/mol. The van der Waals surface area contributed by atoms with E-state index in [1.54, 1.807) is 0 Å². The Morgan fingerprint density at radius 2 is 1.72 bits per heavy atom. The maximum Gasteiger partial charge on any atom is 0.0702 e. The van der Waals surface area contributed by atoms with E-state index < -0.39 is 0 Å². The summed E-state index contributed by atoms with van der Waals surface area (Å²) in [5.74, 6) is 0.624. The van der Waals surface area contributed by atoms with Gasteiger partial charge in [-0.15, -0.1) is 6.58 Å². The molecule has 0 amide bonds. The second kappa shape index (κ2) is 11.3. The first-order valence-electron chi connectivity index (χ1n) is 11.5. The lowest BCUT2D eigenvalue weighted by atomic mass is 9.95. The Morgan fingerprint density at radius 3 is 2.34 bits per heavy atom. The summed E-state index contributed by atoms with van der Waals surface area (Å²) < 4.78 is 0. The van der Waals surface area contributed by atoms with Crippen LogP contribution in [-0.4, -0.2) is 69.4 Å². The third kappa shape index (κ3) is 6.18. The zero-order valence-electron chi connectivity index (χ0n) is 19.7. The zero-order valence-corrected chi connectivity index (χ0v) is 19.7. The summed E-state index contributed by atoms with van der Waals surface area (Å²) in [6.07, 6.45) is 8.47. The molecule has 0 radical (unpaired) electrons. The number of anilines is 1. The average Bonchev–Trinajstić information content (AvgIpc) is 2.83. The summed E-state index contributed by atoms with van der Waals surface area (Å²) in [7, 11) is 2.17. The molecule has 32 heavy (non-hydrogen) atoms. The maximum atomic E-state index is 4.33. The third-order valence-electron chi connectivity index (χ3n) is 6.64. The minimum atomic E-state index is 0.624. The highest BCUT2D eigenvalue weighted by molar-refractivity contribution is 5.87. The lowest BCUT2D eigenvalue weighted by Crippen LogP contribution is -2.44. The first-order valence-corrected chi connectivity index (χ1v) is 11.5. The van der Waals surface area contributed by atoms with Crippen LogP contribution in [0.15, 0.2) is 78.9 Å². The van der Waals surface area contributed by atoms with Gasteiger partial charge in [0.05, 0.1) is 5.69 Å².